The minimum Gasteiger partial charge on any atom is -0.453 e. The number of nitrogens with zero attached hydrogens (tertiary/aromatic N) is 4. The number of aromatic amines is 1. The van der Waals surface area contributed by atoms with Gasteiger partial charge in [-0.1, -0.05) is 38.1 Å². The number of rotatable bonds is 10. The third-order valence-corrected chi connectivity index (χ3v) is 9.96. The summed E-state index contributed by atoms with van der Waals surface area (Å²) >= 11 is 0. The molecule has 0 aliphatic carbocycles. The number of likely N-dealkylation sites (tertiary alicyclic amines) is 1. The van der Waals surface area contributed by atoms with Crippen molar-refractivity contribution in [2.24, 2.45) is 5.92 Å². The lowest BCUT2D eigenvalue weighted by Crippen LogP contribution is -2.54. The lowest BCUT2D eigenvalue weighted by molar-refractivity contribution is -0.274. The fourth-order valence-corrected chi connectivity index (χ4v) is 6.98. The molecule has 2 aromatic carbocycles. The fraction of sp³-hybridized carbons (Fsp3) is 0.410. The zero-order valence-corrected chi connectivity index (χ0v) is 31.5. The molecular formula is C39H44F4N8O5. The maximum atomic E-state index is 15.5. The van der Waals surface area contributed by atoms with E-state index in [1.807, 2.05) is 20.8 Å². The highest BCUT2D eigenvalue weighted by Gasteiger charge is 2.38. The number of carbonyl (C=O) groups is 3. The topological polar surface area (TPSA) is 154 Å². The molecule has 0 spiro atoms. The van der Waals surface area contributed by atoms with E-state index in [0.717, 1.165) is 25.1 Å². The van der Waals surface area contributed by atoms with Crippen LogP contribution >= 0.6 is 0 Å². The molecule has 2 saturated heterocycles. The van der Waals surface area contributed by atoms with Gasteiger partial charge in [-0.05, 0) is 61.9 Å². The standard InChI is InChI=1S/C39H44F4N8O5/c1-21(2)34(49-38(54)55-5)37(53)50-14-6-7-31(50)35-46-19-30(47-35)25-10-8-24(9-11-25)27-15-28(40)29(16-32(27)56-39(41,42)43)48-36(52)26-12-13-33(45-18-26)51-20-22(3)44-17-23(51)4/h8-13,15-16,18-19,21-23,31,34,44H,6-7,14,17,20H2,1-5H3,(H,46,47)(H,48,52)(H,49,54). The number of hydrogen-bond donors (Lipinski definition) is 4. The minimum atomic E-state index is -5.11. The van der Waals surface area contributed by atoms with Crippen LogP contribution in [0.3, 0.4) is 0 Å². The number of carbonyl (C=O) groups excluding carboxylic acids is 3. The van der Waals surface area contributed by atoms with Crippen LogP contribution in [0.4, 0.5) is 33.9 Å². The second-order valence-corrected chi connectivity index (χ2v) is 14.4. The molecule has 4 aromatic rings. The van der Waals surface area contributed by atoms with Crippen molar-refractivity contribution in [2.45, 2.75) is 71.1 Å². The Labute approximate surface area is 321 Å². The molecule has 56 heavy (non-hydrogen) atoms. The van der Waals surface area contributed by atoms with E-state index in [0.29, 0.717) is 42.4 Å². The van der Waals surface area contributed by atoms with Crippen LogP contribution in [0.15, 0.2) is 60.9 Å². The highest BCUT2D eigenvalue weighted by molar-refractivity contribution is 6.04. The number of methoxy groups -OCH3 is 1. The molecule has 4 heterocycles. The molecule has 0 radical (unpaired) electrons. The van der Waals surface area contributed by atoms with Gasteiger partial charge in [-0.2, -0.15) is 0 Å². The maximum absolute atomic E-state index is 15.5. The summed E-state index contributed by atoms with van der Waals surface area (Å²) in [5.41, 5.74) is 0.806. The molecule has 2 aliphatic rings. The molecule has 13 nitrogen and oxygen atoms in total. The molecule has 2 fully saturated rings. The second-order valence-electron chi connectivity index (χ2n) is 14.4. The number of H-pyrrole nitrogens is 1. The highest BCUT2D eigenvalue weighted by Crippen LogP contribution is 2.39. The predicted molar refractivity (Wildman–Crippen MR) is 200 cm³/mol. The van der Waals surface area contributed by atoms with Crippen LogP contribution in [0.2, 0.25) is 0 Å². The first-order valence-electron chi connectivity index (χ1n) is 18.3. The number of pyridine rings is 1. The highest BCUT2D eigenvalue weighted by atomic mass is 19.4. The van der Waals surface area contributed by atoms with Gasteiger partial charge in [-0.3, -0.25) is 9.59 Å². The van der Waals surface area contributed by atoms with E-state index < -0.39 is 41.7 Å². The van der Waals surface area contributed by atoms with E-state index in [1.165, 1.54) is 31.5 Å². The molecule has 2 aliphatic heterocycles. The molecule has 4 atom stereocenters. The first-order valence-corrected chi connectivity index (χ1v) is 18.3. The minimum absolute atomic E-state index is 0.0893. The van der Waals surface area contributed by atoms with E-state index in [1.54, 1.807) is 29.3 Å². The monoisotopic (exact) mass is 780 g/mol. The number of anilines is 2. The van der Waals surface area contributed by atoms with Crippen LogP contribution in [0, 0.1) is 11.7 Å². The van der Waals surface area contributed by atoms with Crippen molar-refractivity contribution in [3.8, 4) is 28.1 Å². The van der Waals surface area contributed by atoms with Crippen LogP contribution in [0.1, 0.15) is 62.8 Å². The lowest BCUT2D eigenvalue weighted by Gasteiger charge is -2.38. The average Bonchev–Trinajstić information content (AvgIpc) is 3.86. The summed E-state index contributed by atoms with van der Waals surface area (Å²) in [6, 6.07) is 10.4. The summed E-state index contributed by atoms with van der Waals surface area (Å²) in [6.07, 6.45) is -1.52. The van der Waals surface area contributed by atoms with E-state index >= 15 is 4.39 Å². The predicted octanol–water partition coefficient (Wildman–Crippen LogP) is 6.66. The van der Waals surface area contributed by atoms with Crippen molar-refractivity contribution in [3.05, 3.63) is 78.1 Å². The van der Waals surface area contributed by atoms with Gasteiger partial charge < -0.3 is 40.2 Å². The Morgan fingerprint density at radius 2 is 1.73 bits per heavy atom. The van der Waals surface area contributed by atoms with E-state index in [2.05, 4.69) is 47.5 Å². The maximum Gasteiger partial charge on any atom is 0.573 e. The number of halogens is 4. The van der Waals surface area contributed by atoms with E-state index in [-0.39, 0.29) is 46.6 Å². The molecular weight excluding hydrogens is 736 g/mol. The largest absolute Gasteiger partial charge is 0.573 e. The number of nitrogens with one attached hydrogen (secondary N) is 4. The molecule has 4 N–H and O–H groups in total. The molecule has 3 amide bonds. The van der Waals surface area contributed by atoms with Crippen LogP contribution < -0.4 is 25.6 Å². The van der Waals surface area contributed by atoms with Crippen molar-refractivity contribution in [1.82, 2.24) is 30.5 Å². The van der Waals surface area contributed by atoms with Gasteiger partial charge in [0.15, 0.2) is 0 Å². The van der Waals surface area contributed by atoms with Gasteiger partial charge in [-0.25, -0.2) is 19.2 Å². The summed E-state index contributed by atoms with van der Waals surface area (Å²) in [6.45, 7) is 9.70. The second kappa shape index (κ2) is 16.6. The van der Waals surface area contributed by atoms with Gasteiger partial charge in [-0.15, -0.1) is 13.2 Å². The zero-order valence-electron chi connectivity index (χ0n) is 31.5. The van der Waals surface area contributed by atoms with Gasteiger partial charge in [0.05, 0.1) is 36.3 Å². The normalized spacial score (nSPS) is 19.1. The van der Waals surface area contributed by atoms with Crippen LogP contribution in [-0.4, -0.2) is 89.0 Å². The third kappa shape index (κ3) is 9.04. The Hall–Kier alpha value is -5.71. The Morgan fingerprint density at radius 3 is 2.39 bits per heavy atom. The zero-order chi connectivity index (χ0) is 40.3. The summed E-state index contributed by atoms with van der Waals surface area (Å²) < 4.78 is 65.4. The van der Waals surface area contributed by atoms with Crippen LogP contribution in [0.25, 0.3) is 22.4 Å². The number of piperazine rings is 1. The number of ether oxygens (including phenoxy) is 2. The lowest BCUT2D eigenvalue weighted by atomic mass is 10.0. The van der Waals surface area contributed by atoms with Crippen molar-refractivity contribution >= 4 is 29.4 Å². The molecule has 298 valence electrons. The Bertz CT molecular complexity index is 2040. The van der Waals surface area contributed by atoms with Gasteiger partial charge in [0.1, 0.15) is 29.3 Å². The first-order chi connectivity index (χ1) is 26.6. The molecule has 0 bridgehead atoms. The fourth-order valence-electron chi connectivity index (χ4n) is 6.98. The van der Waals surface area contributed by atoms with Crippen molar-refractivity contribution in [2.75, 3.05) is 37.0 Å². The van der Waals surface area contributed by atoms with Crippen molar-refractivity contribution in [1.29, 1.82) is 0 Å². The van der Waals surface area contributed by atoms with Crippen molar-refractivity contribution in [3.63, 3.8) is 0 Å². The van der Waals surface area contributed by atoms with Gasteiger partial charge in [0, 0.05) is 49.5 Å². The van der Waals surface area contributed by atoms with Gasteiger partial charge >= 0.3 is 12.5 Å². The van der Waals surface area contributed by atoms with Crippen molar-refractivity contribution < 1.29 is 41.4 Å². The van der Waals surface area contributed by atoms with E-state index in [4.69, 9.17) is 4.74 Å². The number of hydrogen-bond acceptors (Lipinski definition) is 9. The third-order valence-electron chi connectivity index (χ3n) is 9.96. The molecule has 6 rings (SSSR count). The van der Waals surface area contributed by atoms with Crippen LogP contribution in [0.5, 0.6) is 5.75 Å². The van der Waals surface area contributed by atoms with Crippen LogP contribution in [-0.2, 0) is 9.53 Å². The van der Waals surface area contributed by atoms with Gasteiger partial charge in [0.2, 0.25) is 5.91 Å². The summed E-state index contributed by atoms with van der Waals surface area (Å²) in [5, 5.41) is 8.35. The SMILES string of the molecule is COC(=O)NC(C(=O)N1CCCC1c1ncc(-c2ccc(-c3cc(F)c(NC(=O)c4ccc(N5CC(C)NCC5C)nc4)cc3OC(F)(F)F)cc2)[nH]1)C(C)C. The summed E-state index contributed by atoms with van der Waals surface area (Å²) in [5.74, 6) is -1.71. The molecule has 0 saturated carbocycles. The molecule has 2 aromatic heterocycles. The summed E-state index contributed by atoms with van der Waals surface area (Å²) in [7, 11) is 1.23. The summed E-state index contributed by atoms with van der Waals surface area (Å²) in [4.78, 5) is 54.5. The smallest absolute Gasteiger partial charge is 0.453 e. The van der Waals surface area contributed by atoms with E-state index in [9.17, 15) is 27.6 Å². The first kappa shape index (κ1) is 40.0. The number of benzene rings is 2. The quantitative estimate of drug-likeness (QED) is 0.130. The van der Waals surface area contributed by atoms with Gasteiger partial charge in [0.25, 0.3) is 5.91 Å². The molecule has 4 unspecified atom stereocenters. The number of alkyl halides is 3. The molecule has 17 heteroatoms. The Morgan fingerprint density at radius 1 is 1.00 bits per heavy atom. The number of aromatic nitrogens is 3. The average molecular weight is 781 g/mol. The Kier molecular flexibility index (Phi) is 11.8. The number of imidazole rings is 1. The Balaban J connectivity index is 1.19. The number of amides is 3. The number of alkyl carbamates (subject to hydrolysis) is 1.